The number of unbranched alkanes of at least 4 members (excludes halogenated alkanes) is 1. The molecule has 2 fully saturated rings. The summed E-state index contributed by atoms with van der Waals surface area (Å²) in [7, 11) is -3.70. The van der Waals surface area contributed by atoms with Crippen LogP contribution in [0.2, 0.25) is 0 Å². The first-order valence-electron chi connectivity index (χ1n) is 14.6. The van der Waals surface area contributed by atoms with Gasteiger partial charge in [0.15, 0.2) is 0 Å². The van der Waals surface area contributed by atoms with E-state index in [9.17, 15) is 13.2 Å². The number of aryl methyl sites for hydroxylation is 1. The van der Waals surface area contributed by atoms with Gasteiger partial charge in [-0.05, 0) is 81.5 Å². The Kier molecular flexibility index (Phi) is 10.3. The summed E-state index contributed by atoms with van der Waals surface area (Å²) >= 11 is 0. The Balaban J connectivity index is 1.42. The van der Waals surface area contributed by atoms with Crippen molar-refractivity contribution in [3.63, 3.8) is 0 Å². The molecule has 8 nitrogen and oxygen atoms in total. The van der Waals surface area contributed by atoms with Gasteiger partial charge in [-0.3, -0.25) is 9.69 Å². The van der Waals surface area contributed by atoms with Crippen molar-refractivity contribution in [1.29, 1.82) is 0 Å². The van der Waals surface area contributed by atoms with E-state index in [1.165, 1.54) is 0 Å². The molecule has 0 aromatic heterocycles. The van der Waals surface area contributed by atoms with Crippen molar-refractivity contribution >= 4 is 21.6 Å². The van der Waals surface area contributed by atoms with Gasteiger partial charge in [-0.2, -0.15) is 4.31 Å². The van der Waals surface area contributed by atoms with E-state index < -0.39 is 15.6 Å². The zero-order valence-corrected chi connectivity index (χ0v) is 25.2. The average molecular weight is 572 g/mol. The van der Waals surface area contributed by atoms with Gasteiger partial charge in [0.1, 0.15) is 5.75 Å². The smallest absolute Gasteiger partial charge is 0.243 e. The topological polar surface area (TPSA) is 88.2 Å². The number of sulfonamides is 1. The lowest BCUT2D eigenvalue weighted by Crippen LogP contribution is -2.64. The Morgan fingerprint density at radius 3 is 2.52 bits per heavy atom. The predicted octanol–water partition coefficient (Wildman–Crippen LogP) is 5.08. The number of piperidine rings is 1. The first-order chi connectivity index (χ1) is 19.1. The van der Waals surface area contributed by atoms with Crippen molar-refractivity contribution in [2.45, 2.75) is 76.3 Å². The van der Waals surface area contributed by atoms with Crippen LogP contribution in [-0.2, 0) is 19.6 Å². The van der Waals surface area contributed by atoms with Crippen molar-refractivity contribution in [3.8, 4) is 5.75 Å². The molecule has 1 spiro atoms. The number of anilines is 1. The molecule has 40 heavy (non-hydrogen) atoms. The third-order valence-corrected chi connectivity index (χ3v) is 9.61. The number of amides is 1. The Morgan fingerprint density at radius 2 is 1.85 bits per heavy atom. The molecule has 2 aliphatic heterocycles. The van der Waals surface area contributed by atoms with Gasteiger partial charge in [0.25, 0.3) is 0 Å². The Labute approximate surface area is 240 Å². The quantitative estimate of drug-likeness (QED) is 0.379. The molecule has 2 aliphatic rings. The van der Waals surface area contributed by atoms with Crippen LogP contribution in [0, 0.1) is 12.8 Å². The third kappa shape index (κ3) is 7.84. The van der Waals surface area contributed by atoms with Crippen LogP contribution in [0.4, 0.5) is 5.69 Å². The zero-order valence-electron chi connectivity index (χ0n) is 24.4. The highest BCUT2D eigenvalue weighted by molar-refractivity contribution is 7.89. The van der Waals surface area contributed by atoms with Gasteiger partial charge in [0.2, 0.25) is 15.9 Å². The van der Waals surface area contributed by atoms with Crippen molar-refractivity contribution in [1.82, 2.24) is 9.21 Å². The molecule has 2 saturated heterocycles. The van der Waals surface area contributed by atoms with Crippen LogP contribution in [0.1, 0.15) is 58.4 Å². The van der Waals surface area contributed by atoms with E-state index in [-0.39, 0.29) is 25.0 Å². The van der Waals surface area contributed by atoms with E-state index in [0.29, 0.717) is 30.6 Å². The summed E-state index contributed by atoms with van der Waals surface area (Å²) in [6.07, 6.45) is 4.42. The van der Waals surface area contributed by atoms with Gasteiger partial charge in [-0.25, -0.2) is 8.42 Å². The minimum Gasteiger partial charge on any atom is -0.494 e. The van der Waals surface area contributed by atoms with Crippen LogP contribution in [-0.4, -0.2) is 74.6 Å². The van der Waals surface area contributed by atoms with Crippen LogP contribution in [0.5, 0.6) is 5.75 Å². The first kappa shape index (κ1) is 30.5. The molecular formula is C31H45N3O5S. The van der Waals surface area contributed by atoms with Gasteiger partial charge < -0.3 is 14.8 Å². The molecule has 0 unspecified atom stereocenters. The van der Waals surface area contributed by atoms with Gasteiger partial charge in [-0.15, -0.1) is 0 Å². The number of nitrogens with zero attached hydrogens (tertiary/aromatic N) is 2. The number of morpholine rings is 1. The minimum absolute atomic E-state index is 0.102. The highest BCUT2D eigenvalue weighted by Crippen LogP contribution is 2.35. The molecule has 0 aliphatic carbocycles. The summed E-state index contributed by atoms with van der Waals surface area (Å²) in [6.45, 7) is 11.1. The molecule has 1 N–H and O–H groups in total. The van der Waals surface area contributed by atoms with Crippen LogP contribution in [0.3, 0.4) is 0 Å². The van der Waals surface area contributed by atoms with E-state index in [2.05, 4.69) is 31.0 Å². The normalized spacial score (nSPS) is 22.5. The van der Waals surface area contributed by atoms with E-state index in [1.807, 2.05) is 43.3 Å². The van der Waals surface area contributed by atoms with Crippen LogP contribution >= 0.6 is 0 Å². The van der Waals surface area contributed by atoms with Crippen LogP contribution in [0.25, 0.3) is 0 Å². The second kappa shape index (κ2) is 13.5. The lowest BCUT2D eigenvalue weighted by Gasteiger charge is -2.50. The maximum Gasteiger partial charge on any atom is 0.243 e. The molecule has 220 valence electrons. The molecule has 4 rings (SSSR count). The molecular weight excluding hydrogens is 526 g/mol. The minimum atomic E-state index is -3.70. The van der Waals surface area contributed by atoms with E-state index >= 15 is 0 Å². The maximum atomic E-state index is 13.9. The van der Waals surface area contributed by atoms with Gasteiger partial charge in [0.05, 0.1) is 30.3 Å². The fourth-order valence-electron chi connectivity index (χ4n) is 5.62. The molecule has 2 heterocycles. The first-order valence-corrected chi connectivity index (χ1v) is 16.0. The molecule has 2 aromatic carbocycles. The molecule has 2 atom stereocenters. The summed E-state index contributed by atoms with van der Waals surface area (Å²) in [5.74, 6) is 1.02. The summed E-state index contributed by atoms with van der Waals surface area (Å²) in [6, 6.07) is 14.3. The van der Waals surface area contributed by atoms with Crippen LogP contribution < -0.4 is 10.1 Å². The van der Waals surface area contributed by atoms with Gasteiger partial charge in [-0.1, -0.05) is 44.9 Å². The highest BCUT2D eigenvalue weighted by Gasteiger charge is 2.47. The number of likely N-dealkylation sites (tertiary alicyclic amines) is 1. The molecule has 1 amide bonds. The molecule has 9 heteroatoms. The Morgan fingerprint density at radius 1 is 1.12 bits per heavy atom. The third-order valence-electron chi connectivity index (χ3n) is 7.69. The lowest BCUT2D eigenvalue weighted by atomic mass is 9.89. The van der Waals surface area contributed by atoms with Crippen molar-refractivity contribution < 1.29 is 22.7 Å². The lowest BCUT2D eigenvalue weighted by molar-refractivity contribution is -0.146. The second-order valence-electron chi connectivity index (χ2n) is 11.7. The number of nitrogens with one attached hydrogen (secondary N) is 1. The van der Waals surface area contributed by atoms with Crippen molar-refractivity contribution in [2.75, 3.05) is 44.7 Å². The number of rotatable bonds is 11. The SMILES string of the molecule is CCCCOc1ccc(NC(=O)CN2CCC[C@]3(C2)CN(S(=O)(=O)c2ccc(C)cc2)[C@@H](CC(C)C)CO3)cc1. The zero-order chi connectivity index (χ0) is 28.8. The van der Waals surface area contributed by atoms with Gasteiger partial charge >= 0.3 is 0 Å². The number of ether oxygens (including phenoxy) is 2. The largest absolute Gasteiger partial charge is 0.494 e. The maximum absolute atomic E-state index is 13.9. The highest BCUT2D eigenvalue weighted by atomic mass is 32.2. The van der Waals surface area contributed by atoms with Crippen molar-refractivity contribution in [3.05, 3.63) is 54.1 Å². The summed E-state index contributed by atoms with van der Waals surface area (Å²) < 4.78 is 41.6. The number of carbonyl (C=O) groups is 1. The van der Waals surface area contributed by atoms with Crippen LogP contribution in [0.15, 0.2) is 53.4 Å². The Hall–Kier alpha value is -2.46. The standard InChI is InChI=1S/C31H45N3O5S/c1-5-6-18-38-28-12-10-26(11-13-28)32-30(35)20-33-17-7-16-31(22-33)23-34(27(21-39-31)19-24(2)3)40(36,37)29-14-8-25(4)9-15-29/h8-15,24,27H,5-7,16-23H2,1-4H3,(H,32,35)/t27-,31-/m0/s1. The number of hydrogen-bond acceptors (Lipinski definition) is 6. The summed E-state index contributed by atoms with van der Waals surface area (Å²) in [4.78, 5) is 15.3. The fourth-order valence-corrected chi connectivity index (χ4v) is 7.31. The number of hydrogen-bond donors (Lipinski definition) is 1. The van der Waals surface area contributed by atoms with Crippen molar-refractivity contribution in [2.24, 2.45) is 5.92 Å². The molecule has 0 radical (unpaired) electrons. The average Bonchev–Trinajstić information content (AvgIpc) is 2.91. The monoisotopic (exact) mass is 571 g/mol. The summed E-state index contributed by atoms with van der Waals surface area (Å²) in [5, 5.41) is 2.98. The molecule has 2 aromatic rings. The Bertz CT molecular complexity index is 1220. The summed E-state index contributed by atoms with van der Waals surface area (Å²) in [5.41, 5.74) is 1.11. The van der Waals surface area contributed by atoms with E-state index in [0.717, 1.165) is 55.6 Å². The van der Waals surface area contributed by atoms with Gasteiger partial charge in [0, 0.05) is 24.8 Å². The fraction of sp³-hybridized carbons (Fsp3) is 0.581. The van der Waals surface area contributed by atoms with E-state index in [4.69, 9.17) is 9.47 Å². The second-order valence-corrected chi connectivity index (χ2v) is 13.6. The predicted molar refractivity (Wildman–Crippen MR) is 158 cm³/mol. The van der Waals surface area contributed by atoms with E-state index in [1.54, 1.807) is 16.4 Å². The molecule has 0 saturated carbocycles. The molecule has 0 bridgehead atoms. The number of benzene rings is 2. The number of carbonyl (C=O) groups excluding carboxylic acids is 1.